The molecule has 0 aliphatic carbocycles. The van der Waals surface area contributed by atoms with Gasteiger partial charge in [0.15, 0.2) is 23.0 Å². The summed E-state index contributed by atoms with van der Waals surface area (Å²) >= 11 is 0. The summed E-state index contributed by atoms with van der Waals surface area (Å²) < 4.78 is 21.9. The molecule has 46 heavy (non-hydrogen) atoms. The van der Waals surface area contributed by atoms with Crippen molar-refractivity contribution in [2.24, 2.45) is 5.92 Å². The summed E-state index contributed by atoms with van der Waals surface area (Å²) in [6.07, 6.45) is 8.01. The summed E-state index contributed by atoms with van der Waals surface area (Å²) in [4.78, 5) is 18.7. The fraction of sp³-hybridized carbons (Fsp3) is 0.513. The quantitative estimate of drug-likeness (QED) is 0.144. The van der Waals surface area contributed by atoms with Gasteiger partial charge in [-0.1, -0.05) is 55.8 Å². The number of methoxy groups -OCH3 is 4. The van der Waals surface area contributed by atoms with Crippen LogP contribution in [-0.4, -0.2) is 69.3 Å². The number of benzene rings is 3. The summed E-state index contributed by atoms with van der Waals surface area (Å²) in [6.45, 7) is 6.86. The van der Waals surface area contributed by atoms with Crippen molar-refractivity contribution in [2.45, 2.75) is 83.8 Å². The molecule has 4 rings (SSSR count). The van der Waals surface area contributed by atoms with Crippen molar-refractivity contribution in [3.05, 3.63) is 83.4 Å². The molecule has 7 heteroatoms. The van der Waals surface area contributed by atoms with Crippen LogP contribution < -0.4 is 18.9 Å². The molecule has 0 N–H and O–H groups in total. The van der Waals surface area contributed by atoms with E-state index >= 15 is 0 Å². The van der Waals surface area contributed by atoms with Crippen LogP contribution in [0.1, 0.15) is 69.1 Å². The molecule has 3 aromatic carbocycles. The van der Waals surface area contributed by atoms with Gasteiger partial charge in [-0.3, -0.25) is 9.69 Å². The SMILES string of the molecule is CCCC1C(=O)N(CC(CCCc2ccc(OC)c(OC)c2)CCCc2ccc(OC)c(OC)c2)CC(C)N1Cc1ccccc1. The smallest absolute Gasteiger partial charge is 0.240 e. The van der Waals surface area contributed by atoms with Crippen molar-refractivity contribution in [3.8, 4) is 23.0 Å². The van der Waals surface area contributed by atoms with E-state index in [-0.39, 0.29) is 6.04 Å². The predicted octanol–water partition coefficient (Wildman–Crippen LogP) is 7.58. The first-order valence-electron chi connectivity index (χ1n) is 16.9. The molecule has 1 amide bonds. The minimum atomic E-state index is -0.0758. The van der Waals surface area contributed by atoms with Gasteiger partial charge in [0, 0.05) is 25.7 Å². The molecule has 0 spiro atoms. The fourth-order valence-corrected chi connectivity index (χ4v) is 6.86. The van der Waals surface area contributed by atoms with E-state index in [1.165, 1.54) is 16.7 Å². The first-order valence-corrected chi connectivity index (χ1v) is 16.9. The molecule has 1 fully saturated rings. The van der Waals surface area contributed by atoms with Crippen LogP contribution in [0.25, 0.3) is 0 Å². The zero-order valence-corrected chi connectivity index (χ0v) is 28.8. The molecule has 0 aromatic heterocycles. The van der Waals surface area contributed by atoms with E-state index in [1.807, 2.05) is 12.1 Å². The lowest BCUT2D eigenvalue weighted by molar-refractivity contribution is -0.146. The summed E-state index contributed by atoms with van der Waals surface area (Å²) in [5, 5.41) is 0. The van der Waals surface area contributed by atoms with Crippen LogP contribution in [-0.2, 0) is 24.2 Å². The van der Waals surface area contributed by atoms with Crippen molar-refractivity contribution < 1.29 is 23.7 Å². The zero-order chi connectivity index (χ0) is 32.9. The molecule has 250 valence electrons. The third-order valence-corrected chi connectivity index (χ3v) is 9.35. The maximum atomic E-state index is 14.1. The monoisotopic (exact) mass is 630 g/mol. The topological polar surface area (TPSA) is 60.5 Å². The van der Waals surface area contributed by atoms with E-state index in [2.05, 4.69) is 78.2 Å². The Bertz CT molecular complexity index is 1300. The molecular formula is C39H54N2O5. The third-order valence-electron chi connectivity index (χ3n) is 9.35. The Hall–Kier alpha value is -3.71. The maximum Gasteiger partial charge on any atom is 0.240 e. The van der Waals surface area contributed by atoms with Crippen LogP contribution in [0.5, 0.6) is 23.0 Å². The summed E-state index contributed by atoms with van der Waals surface area (Å²) in [5.74, 6) is 3.74. The van der Waals surface area contributed by atoms with Gasteiger partial charge in [0.1, 0.15) is 0 Å². The van der Waals surface area contributed by atoms with E-state index in [0.717, 1.165) is 94.0 Å². The number of rotatable bonds is 18. The number of nitrogens with zero attached hydrogens (tertiary/aromatic N) is 2. The second-order valence-electron chi connectivity index (χ2n) is 12.6. The fourth-order valence-electron chi connectivity index (χ4n) is 6.86. The highest BCUT2D eigenvalue weighted by Gasteiger charge is 2.38. The molecule has 3 aromatic rings. The van der Waals surface area contributed by atoms with E-state index in [1.54, 1.807) is 28.4 Å². The highest BCUT2D eigenvalue weighted by atomic mass is 16.5. The Morgan fingerprint density at radius 3 is 1.78 bits per heavy atom. The molecule has 0 bridgehead atoms. The maximum absolute atomic E-state index is 14.1. The average Bonchev–Trinajstić information content (AvgIpc) is 3.08. The largest absolute Gasteiger partial charge is 0.493 e. The second kappa shape index (κ2) is 17.8. The summed E-state index contributed by atoms with van der Waals surface area (Å²) in [7, 11) is 6.69. The summed E-state index contributed by atoms with van der Waals surface area (Å²) in [6, 6.07) is 23.2. The Kier molecular flexibility index (Phi) is 13.6. The van der Waals surface area contributed by atoms with E-state index in [0.29, 0.717) is 17.9 Å². The van der Waals surface area contributed by atoms with Gasteiger partial charge in [0.05, 0.1) is 34.5 Å². The van der Waals surface area contributed by atoms with Gasteiger partial charge in [0.25, 0.3) is 0 Å². The minimum absolute atomic E-state index is 0.0758. The number of hydrogen-bond donors (Lipinski definition) is 0. The molecule has 1 heterocycles. The molecule has 1 aliphatic heterocycles. The van der Waals surface area contributed by atoms with Crippen molar-refractivity contribution in [2.75, 3.05) is 41.5 Å². The normalized spacial score (nSPS) is 16.9. The van der Waals surface area contributed by atoms with E-state index < -0.39 is 0 Å². The standard InChI is InChI=1S/C39H54N2O5/c1-7-13-34-39(42)40(26-29(2)41(34)28-33-14-9-8-10-15-33)27-32(18-11-16-30-20-22-35(43-3)37(24-30)45-5)19-12-17-31-21-23-36(44-4)38(25-31)46-6/h8-10,14-15,20-25,29,32,34H,7,11-13,16-19,26-28H2,1-6H3. The van der Waals surface area contributed by atoms with Crippen LogP contribution in [0.3, 0.4) is 0 Å². The third kappa shape index (κ3) is 9.41. The molecule has 1 aliphatic rings. The molecule has 0 radical (unpaired) electrons. The van der Waals surface area contributed by atoms with Crippen molar-refractivity contribution in [3.63, 3.8) is 0 Å². The number of carbonyl (C=O) groups is 1. The van der Waals surface area contributed by atoms with Gasteiger partial charge in [0.2, 0.25) is 5.91 Å². The Balaban J connectivity index is 1.45. The lowest BCUT2D eigenvalue weighted by Crippen LogP contribution is -2.61. The molecule has 0 saturated carbocycles. The Morgan fingerprint density at radius 2 is 1.28 bits per heavy atom. The molecular weight excluding hydrogens is 576 g/mol. The number of ether oxygens (including phenoxy) is 4. The van der Waals surface area contributed by atoms with Gasteiger partial charge >= 0.3 is 0 Å². The van der Waals surface area contributed by atoms with Crippen LogP contribution in [0.2, 0.25) is 0 Å². The number of hydrogen-bond acceptors (Lipinski definition) is 6. The Labute approximate surface area is 276 Å². The second-order valence-corrected chi connectivity index (χ2v) is 12.6. The van der Waals surface area contributed by atoms with Gasteiger partial charge in [-0.05, 0) is 98.7 Å². The van der Waals surface area contributed by atoms with Crippen molar-refractivity contribution >= 4 is 5.91 Å². The molecule has 1 saturated heterocycles. The van der Waals surface area contributed by atoms with Crippen molar-refractivity contribution in [1.29, 1.82) is 0 Å². The summed E-state index contributed by atoms with van der Waals surface area (Å²) in [5.41, 5.74) is 3.74. The van der Waals surface area contributed by atoms with Crippen molar-refractivity contribution in [1.82, 2.24) is 9.80 Å². The molecule has 2 atom stereocenters. The lowest BCUT2D eigenvalue weighted by Gasteiger charge is -2.46. The molecule has 2 unspecified atom stereocenters. The number of piperazine rings is 1. The van der Waals surface area contributed by atoms with Crippen LogP contribution in [0.15, 0.2) is 66.7 Å². The number of carbonyl (C=O) groups excluding carboxylic acids is 1. The number of amides is 1. The molecule has 7 nitrogen and oxygen atoms in total. The Morgan fingerprint density at radius 1 is 0.739 bits per heavy atom. The van der Waals surface area contributed by atoms with Crippen LogP contribution in [0, 0.1) is 5.92 Å². The lowest BCUT2D eigenvalue weighted by atomic mass is 9.91. The van der Waals surface area contributed by atoms with Crippen LogP contribution in [0.4, 0.5) is 0 Å². The number of aryl methyl sites for hydroxylation is 2. The van der Waals surface area contributed by atoms with Gasteiger partial charge in [-0.2, -0.15) is 0 Å². The van der Waals surface area contributed by atoms with Gasteiger partial charge in [-0.15, -0.1) is 0 Å². The highest BCUT2D eigenvalue weighted by Crippen LogP contribution is 2.31. The first-order chi connectivity index (χ1) is 22.4. The highest BCUT2D eigenvalue weighted by molar-refractivity contribution is 5.82. The zero-order valence-electron chi connectivity index (χ0n) is 28.8. The minimum Gasteiger partial charge on any atom is -0.493 e. The van der Waals surface area contributed by atoms with E-state index in [9.17, 15) is 4.79 Å². The predicted molar refractivity (Wildman–Crippen MR) is 185 cm³/mol. The average molecular weight is 631 g/mol. The first kappa shape index (κ1) is 35.1. The van der Waals surface area contributed by atoms with Gasteiger partial charge in [-0.25, -0.2) is 0 Å². The van der Waals surface area contributed by atoms with Crippen LogP contribution >= 0.6 is 0 Å². The van der Waals surface area contributed by atoms with E-state index in [4.69, 9.17) is 18.9 Å². The van der Waals surface area contributed by atoms with Gasteiger partial charge < -0.3 is 23.8 Å².